The highest BCUT2D eigenvalue weighted by molar-refractivity contribution is 5.83. The second-order valence-corrected chi connectivity index (χ2v) is 4.37. The van der Waals surface area contributed by atoms with Crippen molar-refractivity contribution in [3.05, 3.63) is 0 Å². The van der Waals surface area contributed by atoms with Gasteiger partial charge in [0, 0.05) is 11.8 Å². The lowest BCUT2D eigenvalue weighted by atomic mass is 9.85. The molecular formula is C13H26O. The minimum Gasteiger partial charge on any atom is -0.299 e. The van der Waals surface area contributed by atoms with E-state index in [0.29, 0.717) is 11.7 Å². The smallest absolute Gasteiger partial charge is 0.138 e. The third kappa shape index (κ3) is 4.78. The van der Waals surface area contributed by atoms with Crippen LogP contribution in [0.15, 0.2) is 0 Å². The summed E-state index contributed by atoms with van der Waals surface area (Å²) in [7, 11) is 0. The van der Waals surface area contributed by atoms with Crippen LogP contribution in [-0.4, -0.2) is 5.78 Å². The van der Waals surface area contributed by atoms with Crippen LogP contribution in [0.2, 0.25) is 0 Å². The molecule has 0 N–H and O–H groups in total. The average molecular weight is 198 g/mol. The molecule has 84 valence electrons. The normalized spacial score (nSPS) is 13.2. The van der Waals surface area contributed by atoms with Crippen molar-refractivity contribution >= 4 is 5.78 Å². The molecule has 1 unspecified atom stereocenters. The molecular weight excluding hydrogens is 172 g/mol. The van der Waals surface area contributed by atoms with Gasteiger partial charge in [0.25, 0.3) is 0 Å². The van der Waals surface area contributed by atoms with Crippen LogP contribution in [0.3, 0.4) is 0 Å². The van der Waals surface area contributed by atoms with Gasteiger partial charge in [-0.2, -0.15) is 0 Å². The lowest BCUT2D eigenvalue weighted by Crippen LogP contribution is -2.21. The highest BCUT2D eigenvalue weighted by atomic mass is 16.1. The Labute approximate surface area is 89.3 Å². The van der Waals surface area contributed by atoms with Crippen molar-refractivity contribution in [2.75, 3.05) is 0 Å². The van der Waals surface area contributed by atoms with E-state index in [-0.39, 0.29) is 5.92 Å². The third-order valence-corrected chi connectivity index (χ3v) is 2.88. The molecule has 0 heterocycles. The van der Waals surface area contributed by atoms with E-state index in [4.69, 9.17) is 0 Å². The van der Waals surface area contributed by atoms with Gasteiger partial charge in [0.05, 0.1) is 0 Å². The van der Waals surface area contributed by atoms with Gasteiger partial charge in [-0.25, -0.2) is 0 Å². The molecule has 1 nitrogen and oxygen atoms in total. The summed E-state index contributed by atoms with van der Waals surface area (Å²) in [6.07, 6.45) is 6.62. The van der Waals surface area contributed by atoms with E-state index in [9.17, 15) is 4.79 Å². The van der Waals surface area contributed by atoms with E-state index in [1.54, 1.807) is 0 Å². The molecule has 0 aromatic heterocycles. The summed E-state index contributed by atoms with van der Waals surface area (Å²) in [5.41, 5.74) is 0. The van der Waals surface area contributed by atoms with Crippen molar-refractivity contribution < 1.29 is 4.79 Å². The molecule has 0 amide bonds. The number of Topliss-reactive ketones (excluding diaryl/α,β-unsaturated/α-hetero) is 1. The molecule has 0 aliphatic heterocycles. The fraction of sp³-hybridized carbons (Fsp3) is 0.923. The van der Waals surface area contributed by atoms with Crippen molar-refractivity contribution in [2.45, 2.75) is 66.2 Å². The van der Waals surface area contributed by atoms with Crippen molar-refractivity contribution in [2.24, 2.45) is 11.8 Å². The molecule has 1 atom stereocenters. The Morgan fingerprint density at radius 1 is 0.929 bits per heavy atom. The van der Waals surface area contributed by atoms with Gasteiger partial charge in [0.2, 0.25) is 0 Å². The summed E-state index contributed by atoms with van der Waals surface area (Å²) in [6.45, 7) is 8.57. The number of carbonyl (C=O) groups is 1. The number of ketones is 1. The second kappa shape index (κ2) is 8.02. The summed E-state index contributed by atoms with van der Waals surface area (Å²) in [4.78, 5) is 12.0. The zero-order chi connectivity index (χ0) is 11.0. The molecule has 0 aromatic rings. The molecule has 0 aliphatic carbocycles. The zero-order valence-electron chi connectivity index (χ0n) is 10.3. The van der Waals surface area contributed by atoms with Gasteiger partial charge in [-0.1, -0.05) is 47.0 Å². The molecule has 0 aromatic carbocycles. The van der Waals surface area contributed by atoms with Crippen molar-refractivity contribution in [1.82, 2.24) is 0 Å². The summed E-state index contributed by atoms with van der Waals surface area (Å²) in [6, 6.07) is 0. The Morgan fingerprint density at radius 3 is 1.71 bits per heavy atom. The summed E-state index contributed by atoms with van der Waals surface area (Å²) >= 11 is 0. The molecule has 0 rings (SSSR count). The maximum atomic E-state index is 12.0. The second-order valence-electron chi connectivity index (χ2n) is 4.37. The molecule has 1 heteroatoms. The molecule has 14 heavy (non-hydrogen) atoms. The Morgan fingerprint density at radius 2 is 1.36 bits per heavy atom. The van der Waals surface area contributed by atoms with Gasteiger partial charge in [-0.05, 0) is 19.3 Å². The summed E-state index contributed by atoms with van der Waals surface area (Å²) in [5, 5.41) is 0. The van der Waals surface area contributed by atoms with E-state index in [1.165, 1.54) is 0 Å². The van der Waals surface area contributed by atoms with Gasteiger partial charge in [0.15, 0.2) is 0 Å². The SMILES string of the molecule is CCCC(C)C(=O)C(CCC)CCC. The van der Waals surface area contributed by atoms with Crippen molar-refractivity contribution in [1.29, 1.82) is 0 Å². The molecule has 0 spiro atoms. The Hall–Kier alpha value is -0.330. The molecule has 0 radical (unpaired) electrons. The predicted octanol–water partition coefficient (Wildman–Crippen LogP) is 4.21. The van der Waals surface area contributed by atoms with Crippen LogP contribution in [0, 0.1) is 11.8 Å². The average Bonchev–Trinajstić information content (AvgIpc) is 2.17. The van der Waals surface area contributed by atoms with Crippen LogP contribution in [0.1, 0.15) is 66.2 Å². The van der Waals surface area contributed by atoms with E-state index >= 15 is 0 Å². The van der Waals surface area contributed by atoms with Gasteiger partial charge in [-0.3, -0.25) is 4.79 Å². The summed E-state index contributed by atoms with van der Waals surface area (Å²) in [5.74, 6) is 1.13. The first-order valence-electron chi connectivity index (χ1n) is 6.20. The number of carbonyl (C=O) groups excluding carboxylic acids is 1. The minimum absolute atomic E-state index is 0.281. The third-order valence-electron chi connectivity index (χ3n) is 2.88. The first-order valence-corrected chi connectivity index (χ1v) is 6.20. The monoisotopic (exact) mass is 198 g/mol. The van der Waals surface area contributed by atoms with Crippen molar-refractivity contribution in [3.63, 3.8) is 0 Å². The predicted molar refractivity (Wildman–Crippen MR) is 62.4 cm³/mol. The molecule has 0 saturated heterocycles. The molecule has 0 bridgehead atoms. The first kappa shape index (κ1) is 13.7. The lowest BCUT2D eigenvalue weighted by Gasteiger charge is -2.18. The van der Waals surface area contributed by atoms with Crippen LogP contribution >= 0.6 is 0 Å². The standard InChI is InChI=1S/C13H26O/c1-5-8-11(4)13(14)12(9-6-2)10-7-3/h11-12H,5-10H2,1-4H3. The van der Waals surface area contributed by atoms with E-state index in [2.05, 4.69) is 27.7 Å². The van der Waals surface area contributed by atoms with Gasteiger partial charge >= 0.3 is 0 Å². The molecule has 0 saturated carbocycles. The Kier molecular flexibility index (Phi) is 7.83. The quantitative estimate of drug-likeness (QED) is 0.571. The Balaban J connectivity index is 4.11. The summed E-state index contributed by atoms with van der Waals surface area (Å²) < 4.78 is 0. The van der Waals surface area contributed by atoms with Gasteiger partial charge in [-0.15, -0.1) is 0 Å². The largest absolute Gasteiger partial charge is 0.299 e. The number of hydrogen-bond donors (Lipinski definition) is 0. The fourth-order valence-corrected chi connectivity index (χ4v) is 2.10. The molecule has 0 aliphatic rings. The zero-order valence-corrected chi connectivity index (χ0v) is 10.3. The molecule has 0 fully saturated rings. The van der Waals surface area contributed by atoms with Gasteiger partial charge in [0.1, 0.15) is 5.78 Å². The highest BCUT2D eigenvalue weighted by Gasteiger charge is 2.21. The van der Waals surface area contributed by atoms with Crippen LogP contribution in [0.4, 0.5) is 0 Å². The van der Waals surface area contributed by atoms with Crippen LogP contribution in [0.5, 0.6) is 0 Å². The van der Waals surface area contributed by atoms with Crippen LogP contribution < -0.4 is 0 Å². The van der Waals surface area contributed by atoms with Crippen LogP contribution in [0.25, 0.3) is 0 Å². The fourth-order valence-electron chi connectivity index (χ4n) is 2.10. The van der Waals surface area contributed by atoms with E-state index in [1.807, 2.05) is 0 Å². The Bertz CT molecular complexity index is 145. The number of hydrogen-bond acceptors (Lipinski definition) is 1. The maximum Gasteiger partial charge on any atom is 0.138 e. The minimum atomic E-state index is 0.281. The highest BCUT2D eigenvalue weighted by Crippen LogP contribution is 2.21. The van der Waals surface area contributed by atoms with Crippen LogP contribution in [-0.2, 0) is 4.79 Å². The maximum absolute atomic E-state index is 12.0. The lowest BCUT2D eigenvalue weighted by molar-refractivity contribution is -0.127. The first-order chi connectivity index (χ1) is 6.67. The van der Waals surface area contributed by atoms with E-state index in [0.717, 1.165) is 38.5 Å². The number of rotatable bonds is 8. The van der Waals surface area contributed by atoms with Gasteiger partial charge < -0.3 is 0 Å². The van der Waals surface area contributed by atoms with E-state index < -0.39 is 0 Å². The van der Waals surface area contributed by atoms with Crippen molar-refractivity contribution in [3.8, 4) is 0 Å². The topological polar surface area (TPSA) is 17.1 Å².